The lowest BCUT2D eigenvalue weighted by Crippen LogP contribution is -2.50. The standard InChI is InChI=1S/C28H36F4N8O4/c1-34-18(5-10-33)24(42)38-23(16-2-7-27(29,30)8-3-16)20-14-40-26(37-20)36-19(13-35-40)21-12-17(41)6-11-39(21)25(43)22-4-9-28(31,32)15-44-22/h5,10,13-14,16-17,21-23,41H,2-4,6-9,11-12,15,33H2,1H3,(H,38,42). The van der Waals surface area contributed by atoms with Crippen LogP contribution in [0.15, 0.2) is 29.7 Å². The van der Waals surface area contributed by atoms with Crippen LogP contribution in [0.3, 0.4) is 0 Å². The molecule has 240 valence electrons. The van der Waals surface area contributed by atoms with E-state index in [1.807, 2.05) is 0 Å². The van der Waals surface area contributed by atoms with E-state index in [0.717, 1.165) is 0 Å². The molecule has 1 aliphatic carbocycles. The first-order valence-electron chi connectivity index (χ1n) is 14.6. The number of carbonyl (C=O) groups excluding carboxylic acids is 2. The molecule has 2 aliphatic heterocycles. The molecule has 2 aromatic heterocycles. The summed E-state index contributed by atoms with van der Waals surface area (Å²) in [4.78, 5) is 41.0. The van der Waals surface area contributed by atoms with Gasteiger partial charge in [0.2, 0.25) is 5.92 Å². The average Bonchev–Trinajstić information content (AvgIpc) is 3.41. The largest absolute Gasteiger partial charge is 0.405 e. The van der Waals surface area contributed by atoms with Crippen molar-refractivity contribution in [2.45, 2.75) is 87.5 Å². The first-order valence-corrected chi connectivity index (χ1v) is 14.6. The number of hydrogen-bond acceptors (Lipinski definition) is 9. The Morgan fingerprint density at radius 3 is 2.55 bits per heavy atom. The second kappa shape index (κ2) is 12.8. The highest BCUT2D eigenvalue weighted by Crippen LogP contribution is 2.41. The Labute approximate surface area is 250 Å². The van der Waals surface area contributed by atoms with E-state index in [9.17, 15) is 32.3 Å². The molecule has 44 heavy (non-hydrogen) atoms. The monoisotopic (exact) mass is 624 g/mol. The van der Waals surface area contributed by atoms with E-state index < -0.39 is 61.0 Å². The summed E-state index contributed by atoms with van der Waals surface area (Å²) in [5.41, 5.74) is 6.17. The maximum atomic E-state index is 14.0. The zero-order valence-corrected chi connectivity index (χ0v) is 24.2. The van der Waals surface area contributed by atoms with Gasteiger partial charge in [0.25, 0.3) is 23.5 Å². The van der Waals surface area contributed by atoms with Crippen molar-refractivity contribution in [2.75, 3.05) is 20.2 Å². The number of likely N-dealkylation sites (tertiary alicyclic amines) is 1. The minimum Gasteiger partial charge on any atom is -0.405 e. The molecule has 3 aliphatic rings. The molecule has 1 saturated carbocycles. The lowest BCUT2D eigenvalue weighted by molar-refractivity contribution is -0.174. The summed E-state index contributed by atoms with van der Waals surface area (Å²) in [5.74, 6) is -7.00. The van der Waals surface area contributed by atoms with E-state index >= 15 is 0 Å². The van der Waals surface area contributed by atoms with Crippen molar-refractivity contribution in [3.05, 3.63) is 36.1 Å². The van der Waals surface area contributed by atoms with Crippen molar-refractivity contribution in [3.63, 3.8) is 0 Å². The normalized spacial score (nSPS) is 27.0. The molecule has 2 saturated heterocycles. The maximum absolute atomic E-state index is 14.0. The van der Waals surface area contributed by atoms with Gasteiger partial charge in [-0.2, -0.15) is 5.10 Å². The molecule has 0 spiro atoms. The lowest BCUT2D eigenvalue weighted by atomic mass is 9.81. The number of nitrogens with zero attached hydrogens (tertiary/aromatic N) is 6. The second-order valence-electron chi connectivity index (χ2n) is 11.6. The first-order chi connectivity index (χ1) is 20.9. The number of halogens is 4. The number of aliphatic hydroxyl groups excluding tert-OH is 1. The highest BCUT2D eigenvalue weighted by molar-refractivity contribution is 6.43. The van der Waals surface area contributed by atoms with Crippen molar-refractivity contribution in [1.29, 1.82) is 0 Å². The SMILES string of the molecule is CN=C(C=CN)C(=O)NC(c1cn2ncc(C3CC(O)CCN3C(=O)C3CCC(F)(F)CO3)nc2n1)C1CCC(F)(F)CC1. The smallest absolute Gasteiger partial charge is 0.271 e. The van der Waals surface area contributed by atoms with Gasteiger partial charge in [-0.15, -0.1) is 0 Å². The topological polar surface area (TPSA) is 160 Å². The van der Waals surface area contributed by atoms with Gasteiger partial charge in [0.05, 0.1) is 42.0 Å². The fraction of sp³-hybridized carbons (Fsp3) is 0.643. The van der Waals surface area contributed by atoms with Crippen LogP contribution >= 0.6 is 0 Å². The number of fused-ring (bicyclic) bond motifs is 1. The van der Waals surface area contributed by atoms with E-state index in [1.54, 1.807) is 6.20 Å². The number of rotatable bonds is 7. The van der Waals surface area contributed by atoms with E-state index in [-0.39, 0.29) is 62.5 Å². The summed E-state index contributed by atoms with van der Waals surface area (Å²) in [6.45, 7) is -0.663. The Hall–Kier alpha value is -3.66. The van der Waals surface area contributed by atoms with Gasteiger partial charge >= 0.3 is 0 Å². The molecule has 3 fully saturated rings. The molecule has 12 nitrogen and oxygen atoms in total. The Bertz CT molecular complexity index is 1410. The number of aromatic nitrogens is 4. The van der Waals surface area contributed by atoms with Crippen LogP contribution in [0.25, 0.3) is 5.78 Å². The number of nitrogens with one attached hydrogen (secondary N) is 1. The van der Waals surface area contributed by atoms with E-state index in [1.165, 1.54) is 34.9 Å². The van der Waals surface area contributed by atoms with Crippen LogP contribution in [-0.4, -0.2) is 91.4 Å². The third-order valence-corrected chi connectivity index (χ3v) is 8.54. The molecule has 2 amide bonds. The molecule has 4 N–H and O–H groups in total. The minimum atomic E-state index is -2.98. The van der Waals surface area contributed by atoms with Crippen LogP contribution in [0.1, 0.15) is 74.8 Å². The molecule has 0 bridgehead atoms. The van der Waals surface area contributed by atoms with Crippen molar-refractivity contribution in [3.8, 4) is 0 Å². The third kappa shape index (κ3) is 7.01. The van der Waals surface area contributed by atoms with Gasteiger partial charge < -0.3 is 25.8 Å². The fourth-order valence-corrected chi connectivity index (χ4v) is 6.09. The molecule has 4 atom stereocenters. The predicted octanol–water partition coefficient (Wildman–Crippen LogP) is 2.49. The number of aliphatic hydroxyl groups is 1. The number of hydrogen-bond donors (Lipinski definition) is 3. The van der Waals surface area contributed by atoms with E-state index in [0.29, 0.717) is 17.8 Å². The maximum Gasteiger partial charge on any atom is 0.271 e. The van der Waals surface area contributed by atoms with Gasteiger partial charge in [-0.05, 0) is 50.3 Å². The Morgan fingerprint density at radius 2 is 1.89 bits per heavy atom. The van der Waals surface area contributed by atoms with E-state index in [4.69, 9.17) is 10.5 Å². The predicted molar refractivity (Wildman–Crippen MR) is 149 cm³/mol. The van der Waals surface area contributed by atoms with Crippen molar-refractivity contribution in [2.24, 2.45) is 16.6 Å². The van der Waals surface area contributed by atoms with Crippen LogP contribution in [0.4, 0.5) is 17.6 Å². The Kier molecular flexibility index (Phi) is 9.20. The van der Waals surface area contributed by atoms with Gasteiger partial charge in [0.15, 0.2) is 0 Å². The summed E-state index contributed by atoms with van der Waals surface area (Å²) in [6.07, 6.45) is 3.24. The molecule has 16 heteroatoms. The number of aliphatic imine (C=N–C) groups is 1. The van der Waals surface area contributed by atoms with Gasteiger partial charge in [-0.3, -0.25) is 14.6 Å². The van der Waals surface area contributed by atoms with Crippen LogP contribution in [0.2, 0.25) is 0 Å². The summed E-state index contributed by atoms with van der Waals surface area (Å²) in [7, 11) is 1.43. The zero-order valence-electron chi connectivity index (χ0n) is 24.2. The van der Waals surface area contributed by atoms with Crippen molar-refractivity contribution >= 4 is 23.3 Å². The summed E-state index contributed by atoms with van der Waals surface area (Å²) in [6, 6.07) is -1.47. The van der Waals surface area contributed by atoms with Gasteiger partial charge in [-0.1, -0.05) is 0 Å². The molecular formula is C28H36F4N8O4. The molecule has 5 rings (SSSR count). The number of ether oxygens (including phenoxy) is 1. The van der Waals surface area contributed by atoms with Gasteiger partial charge in [0, 0.05) is 32.9 Å². The molecule has 0 radical (unpaired) electrons. The van der Waals surface area contributed by atoms with Crippen LogP contribution in [0.5, 0.6) is 0 Å². The number of amides is 2. The number of imidazole rings is 1. The number of carbonyl (C=O) groups is 2. The van der Waals surface area contributed by atoms with Gasteiger partial charge in [-0.25, -0.2) is 32.0 Å². The third-order valence-electron chi connectivity index (χ3n) is 8.54. The minimum absolute atomic E-state index is 0.0484. The Morgan fingerprint density at radius 1 is 1.16 bits per heavy atom. The lowest BCUT2D eigenvalue weighted by Gasteiger charge is -2.40. The quantitative estimate of drug-likeness (QED) is 0.313. The molecule has 2 aromatic rings. The molecule has 4 unspecified atom stereocenters. The summed E-state index contributed by atoms with van der Waals surface area (Å²) < 4.78 is 61.8. The molecule has 0 aromatic carbocycles. The summed E-state index contributed by atoms with van der Waals surface area (Å²) in [5, 5.41) is 17.7. The average molecular weight is 625 g/mol. The Balaban J connectivity index is 1.42. The van der Waals surface area contributed by atoms with Crippen molar-refractivity contribution < 1.29 is 37.0 Å². The van der Waals surface area contributed by atoms with Crippen LogP contribution in [0, 0.1) is 5.92 Å². The molecule has 4 heterocycles. The van der Waals surface area contributed by atoms with Crippen LogP contribution < -0.4 is 11.1 Å². The van der Waals surface area contributed by atoms with Crippen LogP contribution in [-0.2, 0) is 14.3 Å². The fourth-order valence-electron chi connectivity index (χ4n) is 6.09. The van der Waals surface area contributed by atoms with Gasteiger partial charge in [0.1, 0.15) is 18.4 Å². The second-order valence-corrected chi connectivity index (χ2v) is 11.6. The first kappa shape index (κ1) is 31.8. The number of nitrogens with two attached hydrogens (primary N) is 1. The molecular weight excluding hydrogens is 588 g/mol. The number of piperidine rings is 1. The highest BCUT2D eigenvalue weighted by atomic mass is 19.3. The highest BCUT2D eigenvalue weighted by Gasteiger charge is 2.43. The van der Waals surface area contributed by atoms with E-state index in [2.05, 4.69) is 25.4 Å². The van der Waals surface area contributed by atoms with Crippen molar-refractivity contribution in [1.82, 2.24) is 29.8 Å². The summed E-state index contributed by atoms with van der Waals surface area (Å²) >= 11 is 0. The number of alkyl halides is 4. The zero-order chi connectivity index (χ0) is 31.6.